The van der Waals surface area contributed by atoms with Crippen LogP contribution in [0.1, 0.15) is 17.5 Å². The van der Waals surface area contributed by atoms with Crippen molar-refractivity contribution in [2.45, 2.75) is 25.2 Å². The number of rotatable bonds is 6. The fourth-order valence-electron chi connectivity index (χ4n) is 1.73. The number of hydrogen-bond acceptors (Lipinski definition) is 4. The van der Waals surface area contributed by atoms with Crippen molar-refractivity contribution < 1.29 is 13.2 Å². The number of ether oxygens (including phenoxy) is 1. The Morgan fingerprint density at radius 2 is 1.95 bits per heavy atom. The van der Waals surface area contributed by atoms with Gasteiger partial charge < -0.3 is 10.5 Å². The van der Waals surface area contributed by atoms with Gasteiger partial charge in [-0.3, -0.25) is 0 Å². The average Bonchev–Trinajstić information content (AvgIpc) is 2.35. The lowest BCUT2D eigenvalue weighted by atomic mass is 10.1. The van der Waals surface area contributed by atoms with Gasteiger partial charge in [-0.05, 0) is 43.5 Å². The molecule has 0 heterocycles. The summed E-state index contributed by atoms with van der Waals surface area (Å²) in [6.45, 7) is 4.69. The van der Waals surface area contributed by atoms with E-state index in [0.717, 1.165) is 11.1 Å². The number of methoxy groups -OCH3 is 1. The Labute approximate surface area is 115 Å². The molecule has 0 fully saturated rings. The average molecular weight is 286 g/mol. The summed E-state index contributed by atoms with van der Waals surface area (Å²) >= 11 is 0. The van der Waals surface area contributed by atoms with E-state index in [9.17, 15) is 8.42 Å². The zero-order valence-electron chi connectivity index (χ0n) is 11.9. The van der Waals surface area contributed by atoms with Crippen LogP contribution in [0.5, 0.6) is 0 Å². The van der Waals surface area contributed by atoms with Crippen molar-refractivity contribution in [3.8, 4) is 0 Å². The van der Waals surface area contributed by atoms with Gasteiger partial charge in [-0.1, -0.05) is 0 Å². The SMILES string of the molecule is COCCCN(C)S(=O)(=O)c1cc(C)c(C)c(N)c1. The van der Waals surface area contributed by atoms with E-state index in [4.69, 9.17) is 10.5 Å². The molecule has 0 atom stereocenters. The predicted octanol–water partition coefficient (Wildman–Crippen LogP) is 1.54. The molecule has 1 rings (SSSR count). The normalized spacial score (nSPS) is 12.1. The maximum absolute atomic E-state index is 12.4. The lowest BCUT2D eigenvalue weighted by molar-refractivity contribution is 0.189. The van der Waals surface area contributed by atoms with E-state index in [1.807, 2.05) is 13.8 Å². The molecule has 0 aromatic heterocycles. The van der Waals surface area contributed by atoms with E-state index in [1.165, 1.54) is 10.4 Å². The molecular formula is C13H22N2O3S. The topological polar surface area (TPSA) is 72.6 Å². The molecule has 108 valence electrons. The van der Waals surface area contributed by atoms with Crippen LogP contribution in [0.2, 0.25) is 0 Å². The zero-order chi connectivity index (χ0) is 14.6. The van der Waals surface area contributed by atoms with Gasteiger partial charge in [0.05, 0.1) is 4.90 Å². The smallest absolute Gasteiger partial charge is 0.242 e. The minimum atomic E-state index is -3.48. The number of nitrogens with zero attached hydrogens (tertiary/aromatic N) is 1. The second-order valence-electron chi connectivity index (χ2n) is 4.63. The van der Waals surface area contributed by atoms with Crippen molar-refractivity contribution in [1.29, 1.82) is 0 Å². The Morgan fingerprint density at radius 3 is 2.47 bits per heavy atom. The predicted molar refractivity (Wildman–Crippen MR) is 76.6 cm³/mol. The maximum atomic E-state index is 12.4. The molecule has 2 N–H and O–H groups in total. The molecule has 0 radical (unpaired) electrons. The minimum absolute atomic E-state index is 0.244. The fraction of sp³-hybridized carbons (Fsp3) is 0.538. The molecule has 5 nitrogen and oxygen atoms in total. The summed E-state index contributed by atoms with van der Waals surface area (Å²) in [5, 5.41) is 0. The zero-order valence-corrected chi connectivity index (χ0v) is 12.8. The maximum Gasteiger partial charge on any atom is 0.242 e. The van der Waals surface area contributed by atoms with E-state index in [1.54, 1.807) is 20.2 Å². The van der Waals surface area contributed by atoms with E-state index in [2.05, 4.69) is 0 Å². The van der Waals surface area contributed by atoms with Gasteiger partial charge in [-0.25, -0.2) is 12.7 Å². The van der Waals surface area contributed by atoms with Crippen LogP contribution in [0.3, 0.4) is 0 Å². The largest absolute Gasteiger partial charge is 0.398 e. The number of nitrogen functional groups attached to an aromatic ring is 1. The molecule has 0 saturated heterocycles. The van der Waals surface area contributed by atoms with Crippen molar-refractivity contribution in [1.82, 2.24) is 4.31 Å². The molecule has 0 aliphatic heterocycles. The van der Waals surface area contributed by atoms with E-state index < -0.39 is 10.0 Å². The van der Waals surface area contributed by atoms with Crippen molar-refractivity contribution in [3.63, 3.8) is 0 Å². The van der Waals surface area contributed by atoms with Crippen LogP contribution < -0.4 is 5.73 Å². The number of nitrogens with two attached hydrogens (primary N) is 1. The summed E-state index contributed by atoms with van der Waals surface area (Å²) in [7, 11) is -0.322. The van der Waals surface area contributed by atoms with Gasteiger partial charge in [0.15, 0.2) is 0 Å². The van der Waals surface area contributed by atoms with Crippen LogP contribution in [0.15, 0.2) is 17.0 Å². The lowest BCUT2D eigenvalue weighted by Crippen LogP contribution is -2.28. The van der Waals surface area contributed by atoms with Gasteiger partial charge in [0.1, 0.15) is 0 Å². The third-order valence-corrected chi connectivity index (χ3v) is 5.05. The van der Waals surface area contributed by atoms with Crippen LogP contribution in [-0.4, -0.2) is 40.0 Å². The first kappa shape index (κ1) is 15.9. The quantitative estimate of drug-likeness (QED) is 0.636. The highest BCUT2D eigenvalue weighted by Gasteiger charge is 2.21. The highest BCUT2D eigenvalue weighted by Crippen LogP contribution is 2.23. The van der Waals surface area contributed by atoms with Gasteiger partial charge >= 0.3 is 0 Å². The van der Waals surface area contributed by atoms with Gasteiger partial charge in [-0.15, -0.1) is 0 Å². The molecule has 1 aromatic carbocycles. The molecule has 0 saturated carbocycles. The number of sulfonamides is 1. The van der Waals surface area contributed by atoms with Crippen molar-refractivity contribution in [2.24, 2.45) is 0 Å². The molecule has 0 spiro atoms. The van der Waals surface area contributed by atoms with Crippen LogP contribution in [-0.2, 0) is 14.8 Å². The molecule has 0 bridgehead atoms. The molecule has 1 aromatic rings. The minimum Gasteiger partial charge on any atom is -0.398 e. The van der Waals surface area contributed by atoms with E-state index in [0.29, 0.717) is 25.3 Å². The summed E-state index contributed by atoms with van der Waals surface area (Å²) in [6, 6.07) is 3.18. The number of anilines is 1. The second kappa shape index (κ2) is 6.36. The third-order valence-electron chi connectivity index (χ3n) is 3.21. The first-order chi connectivity index (χ1) is 8.80. The second-order valence-corrected chi connectivity index (χ2v) is 6.67. The van der Waals surface area contributed by atoms with E-state index >= 15 is 0 Å². The monoisotopic (exact) mass is 286 g/mol. The molecule has 0 aliphatic rings. The number of hydrogen-bond donors (Lipinski definition) is 1. The summed E-state index contributed by atoms with van der Waals surface area (Å²) in [6.07, 6.45) is 0.659. The lowest BCUT2D eigenvalue weighted by Gasteiger charge is -2.18. The Bertz CT molecular complexity index is 518. The van der Waals surface area contributed by atoms with Crippen molar-refractivity contribution >= 4 is 15.7 Å². The van der Waals surface area contributed by atoms with E-state index in [-0.39, 0.29) is 4.90 Å². The molecule has 0 amide bonds. The summed E-state index contributed by atoms with van der Waals surface area (Å²) in [4.78, 5) is 0.244. The Kier molecular flexibility index (Phi) is 5.34. The molecular weight excluding hydrogens is 264 g/mol. The first-order valence-electron chi connectivity index (χ1n) is 6.12. The van der Waals surface area contributed by atoms with Crippen LogP contribution in [0.25, 0.3) is 0 Å². The van der Waals surface area contributed by atoms with Crippen LogP contribution >= 0.6 is 0 Å². The number of benzene rings is 1. The highest BCUT2D eigenvalue weighted by atomic mass is 32.2. The highest BCUT2D eigenvalue weighted by molar-refractivity contribution is 7.89. The third kappa shape index (κ3) is 3.68. The Balaban J connectivity index is 3.00. The van der Waals surface area contributed by atoms with Gasteiger partial charge in [0.25, 0.3) is 0 Å². The Morgan fingerprint density at radius 1 is 1.32 bits per heavy atom. The molecule has 0 aliphatic carbocycles. The fourth-order valence-corrected chi connectivity index (χ4v) is 3.06. The summed E-state index contributed by atoms with van der Waals surface area (Å²) in [5.41, 5.74) is 8.14. The van der Waals surface area contributed by atoms with Gasteiger partial charge in [0, 0.05) is 33.0 Å². The van der Waals surface area contributed by atoms with Crippen molar-refractivity contribution in [3.05, 3.63) is 23.3 Å². The summed E-state index contributed by atoms with van der Waals surface area (Å²) in [5.74, 6) is 0. The summed E-state index contributed by atoms with van der Waals surface area (Å²) < 4.78 is 31.0. The Hall–Kier alpha value is -1.11. The van der Waals surface area contributed by atoms with Crippen LogP contribution in [0.4, 0.5) is 5.69 Å². The molecule has 19 heavy (non-hydrogen) atoms. The molecule has 6 heteroatoms. The standard InChI is InChI=1S/C13H22N2O3S/c1-10-8-12(9-13(14)11(10)2)19(16,17)15(3)6-5-7-18-4/h8-9H,5-7,14H2,1-4H3. The first-order valence-corrected chi connectivity index (χ1v) is 7.56. The van der Waals surface area contributed by atoms with Crippen LogP contribution in [0, 0.1) is 13.8 Å². The van der Waals surface area contributed by atoms with Gasteiger partial charge in [0.2, 0.25) is 10.0 Å². The molecule has 0 unspecified atom stereocenters. The van der Waals surface area contributed by atoms with Gasteiger partial charge in [-0.2, -0.15) is 0 Å². The van der Waals surface area contributed by atoms with Crippen molar-refractivity contribution in [2.75, 3.05) is 33.0 Å². The number of aryl methyl sites for hydroxylation is 1.